The van der Waals surface area contributed by atoms with Crippen LogP contribution in [0.5, 0.6) is 0 Å². The summed E-state index contributed by atoms with van der Waals surface area (Å²) in [6.45, 7) is 3.65. The van der Waals surface area contributed by atoms with Gasteiger partial charge in [0.1, 0.15) is 5.69 Å². The van der Waals surface area contributed by atoms with Crippen molar-refractivity contribution in [1.82, 2.24) is 15.2 Å². The van der Waals surface area contributed by atoms with Crippen LogP contribution in [0.1, 0.15) is 29.0 Å². The molecule has 0 aliphatic carbocycles. The van der Waals surface area contributed by atoms with Crippen LogP contribution >= 0.6 is 0 Å². The van der Waals surface area contributed by atoms with Crippen LogP contribution in [0.4, 0.5) is 10.5 Å². The molecular weight excluding hydrogens is 260 g/mol. The smallest absolute Gasteiger partial charge is 0.354 e. The second kappa shape index (κ2) is 5.96. The van der Waals surface area contributed by atoms with Crippen molar-refractivity contribution in [2.75, 3.05) is 25.5 Å². The minimum atomic E-state index is -1.09. The monoisotopic (exact) mass is 280 g/mol. The minimum absolute atomic E-state index is 0.000951. The van der Waals surface area contributed by atoms with Crippen molar-refractivity contribution in [3.8, 4) is 0 Å². The van der Waals surface area contributed by atoms with Crippen LogP contribution in [0.15, 0.2) is 6.07 Å². The van der Waals surface area contributed by atoms with E-state index in [-0.39, 0.29) is 17.8 Å². The van der Waals surface area contributed by atoms with E-state index in [0.29, 0.717) is 11.4 Å². The zero-order chi connectivity index (χ0) is 14.7. The second-order valence-electron chi connectivity index (χ2n) is 5.22. The number of carboxylic acid groups (broad SMARTS) is 1. The number of H-pyrrole nitrogens is 1. The molecule has 0 bridgehead atoms. The maximum Gasteiger partial charge on any atom is 0.354 e. The molecule has 110 valence electrons. The summed E-state index contributed by atoms with van der Waals surface area (Å²) in [6.07, 6.45) is 1.81. The van der Waals surface area contributed by atoms with E-state index in [4.69, 9.17) is 5.11 Å². The molecule has 7 heteroatoms. The molecule has 0 atom stereocenters. The number of likely N-dealkylation sites (tertiary alicyclic amines) is 1. The van der Waals surface area contributed by atoms with Crippen LogP contribution in [0.3, 0.4) is 0 Å². The number of aryl methyl sites for hydroxylation is 1. The quantitative estimate of drug-likeness (QED) is 0.669. The highest BCUT2D eigenvalue weighted by Crippen LogP contribution is 2.17. The van der Waals surface area contributed by atoms with Crippen molar-refractivity contribution in [1.29, 1.82) is 0 Å². The fourth-order valence-corrected chi connectivity index (χ4v) is 2.35. The van der Waals surface area contributed by atoms with Crippen molar-refractivity contribution in [2.45, 2.75) is 25.8 Å². The van der Waals surface area contributed by atoms with Gasteiger partial charge in [-0.25, -0.2) is 9.59 Å². The molecule has 20 heavy (non-hydrogen) atoms. The fourth-order valence-electron chi connectivity index (χ4n) is 2.35. The molecule has 1 saturated heterocycles. The molecule has 1 aliphatic heterocycles. The average Bonchev–Trinajstić information content (AvgIpc) is 2.73. The number of aromatic carboxylic acids is 1. The zero-order valence-corrected chi connectivity index (χ0v) is 11.7. The first-order chi connectivity index (χ1) is 9.45. The summed E-state index contributed by atoms with van der Waals surface area (Å²) >= 11 is 0. The van der Waals surface area contributed by atoms with E-state index in [1.165, 1.54) is 0 Å². The van der Waals surface area contributed by atoms with Crippen LogP contribution in [0, 0.1) is 6.92 Å². The first kappa shape index (κ1) is 14.4. The van der Waals surface area contributed by atoms with Gasteiger partial charge in [0.2, 0.25) is 0 Å². The molecule has 0 saturated carbocycles. The van der Waals surface area contributed by atoms with E-state index in [9.17, 15) is 9.59 Å². The van der Waals surface area contributed by atoms with Gasteiger partial charge in [0.15, 0.2) is 0 Å². The maximum atomic E-state index is 11.9. The number of carbonyl (C=O) groups is 2. The van der Waals surface area contributed by atoms with Gasteiger partial charge in [-0.15, -0.1) is 0 Å². The summed E-state index contributed by atoms with van der Waals surface area (Å²) in [5.41, 5.74) is 0.985. The lowest BCUT2D eigenvalue weighted by Crippen LogP contribution is -2.44. The highest BCUT2D eigenvalue weighted by Gasteiger charge is 2.20. The second-order valence-corrected chi connectivity index (χ2v) is 5.22. The van der Waals surface area contributed by atoms with Gasteiger partial charge in [-0.1, -0.05) is 0 Å². The fraction of sp³-hybridized carbons (Fsp3) is 0.538. The Hall–Kier alpha value is -2.02. The number of hydrogen-bond acceptors (Lipinski definition) is 3. The first-order valence-corrected chi connectivity index (χ1v) is 6.64. The van der Waals surface area contributed by atoms with Crippen LogP contribution in [-0.2, 0) is 0 Å². The Morgan fingerprint density at radius 1 is 1.40 bits per heavy atom. The Morgan fingerprint density at radius 3 is 2.65 bits per heavy atom. The number of piperidine rings is 1. The van der Waals surface area contributed by atoms with E-state index >= 15 is 0 Å². The number of nitrogens with zero attached hydrogens (tertiary/aromatic N) is 1. The molecular formula is C13H20N4O3. The predicted molar refractivity (Wildman–Crippen MR) is 75.2 cm³/mol. The molecule has 2 rings (SSSR count). The molecule has 0 spiro atoms. The lowest BCUT2D eigenvalue weighted by molar-refractivity contribution is 0.0692. The summed E-state index contributed by atoms with van der Waals surface area (Å²) in [7, 11) is 2.05. The maximum absolute atomic E-state index is 11.9. The summed E-state index contributed by atoms with van der Waals surface area (Å²) in [5.74, 6) is -1.09. The SMILES string of the molecule is Cc1cc(NC(=O)NC2CCN(C)CC2)c(C(=O)O)[nH]1. The Bertz CT molecular complexity index is 504. The number of urea groups is 1. The number of nitrogens with one attached hydrogen (secondary N) is 3. The highest BCUT2D eigenvalue weighted by atomic mass is 16.4. The van der Waals surface area contributed by atoms with Gasteiger partial charge in [-0.3, -0.25) is 0 Å². The van der Waals surface area contributed by atoms with E-state index in [1.807, 2.05) is 0 Å². The summed E-state index contributed by atoms with van der Waals surface area (Å²) in [5, 5.41) is 14.5. The summed E-state index contributed by atoms with van der Waals surface area (Å²) < 4.78 is 0. The predicted octanol–water partition coefficient (Wildman–Crippen LogP) is 1.24. The molecule has 7 nitrogen and oxygen atoms in total. The lowest BCUT2D eigenvalue weighted by Gasteiger charge is -2.29. The van der Waals surface area contributed by atoms with Gasteiger partial charge in [0.05, 0.1) is 5.69 Å². The third-order valence-electron chi connectivity index (χ3n) is 3.47. The van der Waals surface area contributed by atoms with Gasteiger partial charge >= 0.3 is 12.0 Å². The Morgan fingerprint density at radius 2 is 2.05 bits per heavy atom. The number of carbonyl (C=O) groups excluding carboxylic acids is 1. The first-order valence-electron chi connectivity index (χ1n) is 6.64. The molecule has 0 unspecified atom stereocenters. The number of amides is 2. The molecule has 1 aromatic rings. The molecule has 4 N–H and O–H groups in total. The van der Waals surface area contributed by atoms with Crippen molar-refractivity contribution in [2.24, 2.45) is 0 Å². The van der Waals surface area contributed by atoms with Crippen LogP contribution < -0.4 is 10.6 Å². The normalized spacial score (nSPS) is 16.9. The Kier molecular flexibility index (Phi) is 4.29. The average molecular weight is 280 g/mol. The van der Waals surface area contributed by atoms with Crippen LogP contribution in [-0.4, -0.2) is 53.2 Å². The third kappa shape index (κ3) is 3.51. The van der Waals surface area contributed by atoms with Crippen molar-refractivity contribution < 1.29 is 14.7 Å². The van der Waals surface area contributed by atoms with E-state index in [2.05, 4.69) is 27.6 Å². The standard InChI is InChI=1S/C13H20N4O3/c1-8-7-10(11(14-8)12(18)19)16-13(20)15-9-3-5-17(2)6-4-9/h7,9,14H,3-6H2,1-2H3,(H,18,19)(H2,15,16,20). The minimum Gasteiger partial charge on any atom is -0.477 e. The highest BCUT2D eigenvalue weighted by molar-refractivity contribution is 5.99. The van der Waals surface area contributed by atoms with Gasteiger partial charge in [0, 0.05) is 11.7 Å². The third-order valence-corrected chi connectivity index (χ3v) is 3.47. The van der Waals surface area contributed by atoms with E-state index in [0.717, 1.165) is 25.9 Å². The number of aromatic nitrogens is 1. The van der Waals surface area contributed by atoms with E-state index < -0.39 is 5.97 Å². The van der Waals surface area contributed by atoms with E-state index in [1.54, 1.807) is 13.0 Å². The number of anilines is 1. The van der Waals surface area contributed by atoms with Crippen LogP contribution in [0.2, 0.25) is 0 Å². The zero-order valence-electron chi connectivity index (χ0n) is 11.7. The Labute approximate surface area is 117 Å². The largest absolute Gasteiger partial charge is 0.477 e. The Balaban J connectivity index is 1.93. The molecule has 0 radical (unpaired) electrons. The summed E-state index contributed by atoms with van der Waals surface area (Å²) in [6, 6.07) is 1.39. The van der Waals surface area contributed by atoms with Gasteiger partial charge in [0.25, 0.3) is 0 Å². The van der Waals surface area contributed by atoms with Crippen molar-refractivity contribution >= 4 is 17.7 Å². The van der Waals surface area contributed by atoms with Gasteiger partial charge < -0.3 is 25.6 Å². The number of carboxylic acids is 1. The number of aromatic amines is 1. The van der Waals surface area contributed by atoms with Crippen LogP contribution in [0.25, 0.3) is 0 Å². The summed E-state index contributed by atoms with van der Waals surface area (Å²) in [4.78, 5) is 27.9. The number of hydrogen-bond donors (Lipinski definition) is 4. The van der Waals surface area contributed by atoms with Gasteiger partial charge in [-0.2, -0.15) is 0 Å². The molecule has 0 aromatic carbocycles. The molecule has 1 aliphatic rings. The topological polar surface area (TPSA) is 97.5 Å². The van der Waals surface area contributed by atoms with Gasteiger partial charge in [-0.05, 0) is 46.0 Å². The molecule has 2 heterocycles. The molecule has 2 amide bonds. The lowest BCUT2D eigenvalue weighted by atomic mass is 10.1. The molecule has 1 fully saturated rings. The molecule has 1 aromatic heterocycles. The van der Waals surface area contributed by atoms with Crippen molar-refractivity contribution in [3.05, 3.63) is 17.5 Å². The van der Waals surface area contributed by atoms with Crippen molar-refractivity contribution in [3.63, 3.8) is 0 Å². The number of rotatable bonds is 3.